The number of aliphatic hydroxyl groups excluding tert-OH is 3. The van der Waals surface area contributed by atoms with Gasteiger partial charge in [-0.1, -0.05) is 13.8 Å². The molecule has 0 aromatic rings. The summed E-state index contributed by atoms with van der Waals surface area (Å²) in [6.45, 7) is 3.46. The minimum absolute atomic E-state index is 0.0677. The van der Waals surface area contributed by atoms with Gasteiger partial charge in [0.05, 0.1) is 19.3 Å². The highest BCUT2D eigenvalue weighted by Crippen LogP contribution is 2.29. The fraction of sp³-hybridized carbons (Fsp3) is 1.00. The van der Waals surface area contributed by atoms with Gasteiger partial charge in [0, 0.05) is 5.41 Å². The lowest BCUT2D eigenvalue weighted by Gasteiger charge is -2.33. The van der Waals surface area contributed by atoms with E-state index in [4.69, 9.17) is 10.2 Å². The van der Waals surface area contributed by atoms with Crippen LogP contribution in [0.2, 0.25) is 0 Å². The number of hydrogen-bond acceptors (Lipinski definition) is 3. The normalized spacial score (nSPS) is 15.0. The molecule has 3 heteroatoms. The third kappa shape index (κ3) is 2.15. The van der Waals surface area contributed by atoms with Gasteiger partial charge in [-0.25, -0.2) is 0 Å². The fourth-order valence-electron chi connectivity index (χ4n) is 1.24. The molecule has 0 fully saturated rings. The van der Waals surface area contributed by atoms with Crippen LogP contribution in [0.3, 0.4) is 0 Å². The van der Waals surface area contributed by atoms with Gasteiger partial charge in [0.25, 0.3) is 0 Å². The van der Waals surface area contributed by atoms with Crippen molar-refractivity contribution in [1.29, 1.82) is 0 Å². The Morgan fingerprint density at radius 2 is 1.64 bits per heavy atom. The Labute approximate surface area is 67.7 Å². The monoisotopic (exact) mass is 162 g/mol. The van der Waals surface area contributed by atoms with Crippen molar-refractivity contribution < 1.29 is 15.3 Å². The van der Waals surface area contributed by atoms with Crippen LogP contribution in [0.5, 0.6) is 0 Å². The Kier molecular flexibility index (Phi) is 4.65. The summed E-state index contributed by atoms with van der Waals surface area (Å²) in [6, 6.07) is 0. The van der Waals surface area contributed by atoms with E-state index in [1.54, 1.807) is 0 Å². The van der Waals surface area contributed by atoms with Crippen molar-refractivity contribution in [2.24, 2.45) is 5.41 Å². The van der Waals surface area contributed by atoms with Crippen molar-refractivity contribution in [3.63, 3.8) is 0 Å². The van der Waals surface area contributed by atoms with Gasteiger partial charge in [-0.05, 0) is 12.8 Å². The predicted octanol–water partition coefficient (Wildman–Crippen LogP) is 0.138. The molecule has 0 aromatic carbocycles. The van der Waals surface area contributed by atoms with E-state index in [2.05, 4.69) is 0 Å². The fourth-order valence-corrected chi connectivity index (χ4v) is 1.24. The average molecular weight is 162 g/mol. The first-order chi connectivity index (χ1) is 5.16. The molecule has 0 rings (SSSR count). The van der Waals surface area contributed by atoms with E-state index in [-0.39, 0.29) is 13.2 Å². The van der Waals surface area contributed by atoms with Gasteiger partial charge < -0.3 is 15.3 Å². The van der Waals surface area contributed by atoms with E-state index in [0.717, 1.165) is 0 Å². The van der Waals surface area contributed by atoms with Crippen molar-refractivity contribution in [2.75, 3.05) is 13.2 Å². The quantitative estimate of drug-likeness (QED) is 0.539. The molecular weight excluding hydrogens is 144 g/mol. The maximum atomic E-state index is 9.36. The second-order valence-electron chi connectivity index (χ2n) is 2.93. The zero-order chi connectivity index (χ0) is 8.91. The maximum Gasteiger partial charge on any atom is 0.0848 e. The van der Waals surface area contributed by atoms with Gasteiger partial charge in [-0.3, -0.25) is 0 Å². The lowest BCUT2D eigenvalue weighted by Crippen LogP contribution is -2.39. The second kappa shape index (κ2) is 4.70. The molecule has 0 heterocycles. The van der Waals surface area contributed by atoms with Gasteiger partial charge in [0.15, 0.2) is 0 Å². The van der Waals surface area contributed by atoms with Crippen LogP contribution in [0.1, 0.15) is 26.7 Å². The Bertz CT molecular complexity index is 91.2. The molecule has 1 atom stereocenters. The standard InChI is InChI=1S/C8H18O3/c1-3-8(4-2,6-10)7(11)5-9/h7,9-11H,3-6H2,1-2H3/t7-/m0/s1. The summed E-state index contributed by atoms with van der Waals surface area (Å²) in [5.41, 5.74) is -0.505. The van der Waals surface area contributed by atoms with Gasteiger partial charge in [0.2, 0.25) is 0 Å². The lowest BCUT2D eigenvalue weighted by molar-refractivity contribution is -0.0514. The van der Waals surface area contributed by atoms with Crippen LogP contribution in [0.4, 0.5) is 0 Å². The largest absolute Gasteiger partial charge is 0.396 e. The number of aliphatic hydroxyl groups is 3. The van der Waals surface area contributed by atoms with Crippen molar-refractivity contribution in [3.05, 3.63) is 0 Å². The molecule has 0 aliphatic rings. The molecule has 11 heavy (non-hydrogen) atoms. The van der Waals surface area contributed by atoms with Crippen LogP contribution >= 0.6 is 0 Å². The van der Waals surface area contributed by atoms with Crippen molar-refractivity contribution >= 4 is 0 Å². The topological polar surface area (TPSA) is 60.7 Å². The molecule has 0 unspecified atom stereocenters. The van der Waals surface area contributed by atoms with Crippen molar-refractivity contribution in [3.8, 4) is 0 Å². The zero-order valence-corrected chi connectivity index (χ0v) is 7.25. The summed E-state index contributed by atoms with van der Waals surface area (Å²) in [7, 11) is 0. The SMILES string of the molecule is CCC(CC)(CO)[C@@H](O)CO. The lowest BCUT2D eigenvalue weighted by atomic mass is 9.78. The molecule has 0 aliphatic heterocycles. The summed E-state index contributed by atoms with van der Waals surface area (Å²) >= 11 is 0. The van der Waals surface area contributed by atoms with Crippen molar-refractivity contribution in [1.82, 2.24) is 0 Å². The van der Waals surface area contributed by atoms with Crippen molar-refractivity contribution in [2.45, 2.75) is 32.8 Å². The smallest absolute Gasteiger partial charge is 0.0848 e. The summed E-state index contributed by atoms with van der Waals surface area (Å²) in [5.74, 6) is 0. The zero-order valence-electron chi connectivity index (χ0n) is 7.25. The van der Waals surface area contributed by atoms with E-state index >= 15 is 0 Å². The molecule has 3 nitrogen and oxygen atoms in total. The van der Waals surface area contributed by atoms with E-state index in [1.165, 1.54) is 0 Å². The average Bonchev–Trinajstić information content (AvgIpc) is 2.08. The highest BCUT2D eigenvalue weighted by Gasteiger charge is 2.33. The first-order valence-corrected chi connectivity index (χ1v) is 4.06. The minimum Gasteiger partial charge on any atom is -0.396 e. The highest BCUT2D eigenvalue weighted by atomic mass is 16.3. The Morgan fingerprint density at radius 3 is 1.73 bits per heavy atom. The van der Waals surface area contributed by atoms with Gasteiger partial charge in [0.1, 0.15) is 0 Å². The predicted molar refractivity (Wildman–Crippen MR) is 43.2 cm³/mol. The van der Waals surface area contributed by atoms with E-state index in [9.17, 15) is 5.11 Å². The molecule has 0 radical (unpaired) electrons. The molecule has 3 N–H and O–H groups in total. The van der Waals surface area contributed by atoms with E-state index < -0.39 is 11.5 Å². The molecule has 0 aromatic heterocycles. The van der Waals surface area contributed by atoms with Gasteiger partial charge in [-0.15, -0.1) is 0 Å². The Balaban J connectivity index is 4.26. The van der Waals surface area contributed by atoms with Crippen LogP contribution in [0.15, 0.2) is 0 Å². The Hall–Kier alpha value is -0.120. The summed E-state index contributed by atoms with van der Waals surface area (Å²) in [5, 5.41) is 27.1. The van der Waals surface area contributed by atoms with Crippen LogP contribution in [0.25, 0.3) is 0 Å². The molecule has 0 aliphatic carbocycles. The van der Waals surface area contributed by atoms with Crippen LogP contribution < -0.4 is 0 Å². The Morgan fingerprint density at radius 1 is 1.18 bits per heavy atom. The van der Waals surface area contributed by atoms with E-state index in [0.29, 0.717) is 12.8 Å². The van der Waals surface area contributed by atoms with Crippen LogP contribution in [-0.2, 0) is 0 Å². The summed E-state index contributed by atoms with van der Waals surface area (Å²) < 4.78 is 0. The van der Waals surface area contributed by atoms with Gasteiger partial charge in [-0.2, -0.15) is 0 Å². The van der Waals surface area contributed by atoms with E-state index in [1.807, 2.05) is 13.8 Å². The second-order valence-corrected chi connectivity index (χ2v) is 2.93. The van der Waals surface area contributed by atoms with Crippen LogP contribution in [-0.4, -0.2) is 34.6 Å². The first kappa shape index (κ1) is 10.9. The van der Waals surface area contributed by atoms with Gasteiger partial charge >= 0.3 is 0 Å². The minimum atomic E-state index is -0.803. The molecule has 0 saturated heterocycles. The first-order valence-electron chi connectivity index (χ1n) is 4.06. The molecular formula is C8H18O3. The molecule has 0 spiro atoms. The third-order valence-corrected chi connectivity index (χ3v) is 2.60. The molecule has 0 bridgehead atoms. The summed E-state index contributed by atoms with van der Waals surface area (Å²) in [4.78, 5) is 0. The number of hydrogen-bond donors (Lipinski definition) is 3. The molecule has 0 saturated carbocycles. The maximum absolute atomic E-state index is 9.36. The highest BCUT2D eigenvalue weighted by molar-refractivity contribution is 4.82. The number of rotatable bonds is 5. The summed E-state index contributed by atoms with van der Waals surface area (Å²) in [6.07, 6.45) is 0.561. The third-order valence-electron chi connectivity index (χ3n) is 2.60. The molecule has 68 valence electrons. The molecule has 0 amide bonds. The van der Waals surface area contributed by atoms with Crippen LogP contribution in [0, 0.1) is 5.41 Å².